The number of rotatable bonds is 18. The summed E-state index contributed by atoms with van der Waals surface area (Å²) >= 11 is 0. The fourth-order valence-corrected chi connectivity index (χ4v) is 153. The maximum atomic E-state index is 2.74. The molecule has 10 saturated heterocycles. The normalized spacial score (nSPS) is 47.7. The van der Waals surface area contributed by atoms with Gasteiger partial charge in [0.2, 0.25) is 0 Å². The van der Waals surface area contributed by atoms with Gasteiger partial charge in [0, 0.05) is 0 Å². The van der Waals surface area contributed by atoms with Crippen LogP contribution in [0, 0.1) is 0 Å². The van der Waals surface area contributed by atoms with E-state index in [4.69, 9.17) is 0 Å². The average molecular weight is 775 g/mol. The standard InChI is InChI=1S/C45H55P2.C5H5.Cr/c1-5-9-22-36-26-13-17-30-40(36)46(41-31-18-14-27-37(41)23-10-6-2)44-34-21-35-45(44)47(42-32-19-15-28-38(42)24-11-7-3)43-33-20-16-29-39(43)25-12-8-4;1-2-4-5-3-1;/h13-21,26-35H,5-12,22-25H2,1-4H3;1-5H;. The number of hydrogen-bond acceptors (Lipinski definition) is 0. The molecular formula is C50H60CrP2. The van der Waals surface area contributed by atoms with E-state index in [1.807, 2.05) is 21.2 Å². The van der Waals surface area contributed by atoms with Crippen LogP contribution < -0.4 is 21.2 Å². The molecule has 0 bridgehead atoms. The molecule has 0 nitrogen and oxygen atoms in total. The van der Waals surface area contributed by atoms with E-state index >= 15 is 0 Å². The fourth-order valence-electron chi connectivity index (χ4n) is 26.6. The Kier molecular flexibility index (Phi) is 3.83. The SMILES string of the molecule is CCCCc1ccccc1P(c1ccccc1CCCC)[C]12[CH]3[CH]4[CH]5[C]1(P(c1ccccc1CCCC)c1ccccc1CCCC)[Cr]43521678[CH]2[CH]1[CH]6[CH]7[CH]28. The first-order valence-corrected chi connectivity index (χ1v) is 32.2. The first kappa shape index (κ1) is 31.4. The van der Waals surface area contributed by atoms with Crippen molar-refractivity contribution in [2.24, 2.45) is 0 Å². The van der Waals surface area contributed by atoms with E-state index in [9.17, 15) is 0 Å². The molecule has 4 unspecified atom stereocenters. The molecule has 10 fully saturated rings. The third kappa shape index (κ3) is 1.19. The molecule has 0 aromatic heterocycles. The van der Waals surface area contributed by atoms with Gasteiger partial charge in [0.05, 0.1) is 0 Å². The Hall–Kier alpha value is -1.73. The number of unbranched alkanes of at least 4 members (excludes halogenated alkanes) is 4. The van der Waals surface area contributed by atoms with Gasteiger partial charge in [0.1, 0.15) is 0 Å². The third-order valence-electron chi connectivity index (χ3n) is 25.6. The molecule has 0 saturated carbocycles. The van der Waals surface area contributed by atoms with E-state index in [0.29, 0.717) is 8.04 Å². The Morgan fingerprint density at radius 2 is 0.660 bits per heavy atom. The molecule has 1 spiro atoms. The quantitative estimate of drug-likeness (QED) is 0.0884. The van der Waals surface area contributed by atoms with Crippen LogP contribution in [0.25, 0.3) is 0 Å². The van der Waals surface area contributed by atoms with Gasteiger partial charge >= 0.3 is 314 Å². The van der Waals surface area contributed by atoms with Gasteiger partial charge in [-0.2, -0.15) is 0 Å². The number of fused-ring (bicyclic) bond motifs is 10. The van der Waals surface area contributed by atoms with Crippen molar-refractivity contribution in [2.45, 2.75) is 151 Å². The molecule has 10 heterocycles. The van der Waals surface area contributed by atoms with Crippen LogP contribution >= 0.6 is 15.8 Å². The van der Waals surface area contributed by atoms with E-state index in [1.54, 1.807) is 22.3 Å². The van der Waals surface area contributed by atoms with Gasteiger partial charge in [0.15, 0.2) is 0 Å². The summed E-state index contributed by atoms with van der Waals surface area (Å²) in [5.74, 6) is 0. The molecular weight excluding hydrogens is 714 g/mol. The minimum atomic E-state index is -4.40. The van der Waals surface area contributed by atoms with Crippen LogP contribution in [0.4, 0.5) is 0 Å². The summed E-state index contributed by atoms with van der Waals surface area (Å²) in [6.07, 6.45) is 15.5. The van der Waals surface area contributed by atoms with E-state index in [0.717, 1.165) is 0 Å². The van der Waals surface area contributed by atoms with Crippen molar-refractivity contribution >= 4 is 37.1 Å². The van der Waals surface area contributed by atoms with Crippen LogP contribution in [0.2, 0.25) is 38.2 Å². The van der Waals surface area contributed by atoms with Gasteiger partial charge in [-0.25, -0.2) is 0 Å². The second-order valence-corrected chi connectivity index (χ2v) is 54.9. The maximum absolute atomic E-state index is 4.40. The molecule has 4 aromatic carbocycles. The molecule has 276 valence electrons. The molecule has 0 aliphatic carbocycles. The Morgan fingerprint density at radius 3 is 0.887 bits per heavy atom. The number of benzene rings is 4. The van der Waals surface area contributed by atoms with Crippen LogP contribution in [0.5, 0.6) is 0 Å². The van der Waals surface area contributed by atoms with Gasteiger partial charge in [-0.05, 0) is 0 Å². The predicted octanol–water partition coefficient (Wildman–Crippen LogP) is 12.8. The molecule has 4 atom stereocenters. The van der Waals surface area contributed by atoms with Crippen molar-refractivity contribution in [2.75, 3.05) is 0 Å². The zero-order valence-electron chi connectivity index (χ0n) is 32.6. The summed E-state index contributed by atoms with van der Waals surface area (Å²) in [7, 11) is -0.848. The summed E-state index contributed by atoms with van der Waals surface area (Å²) < 4.78 is 11.6. The number of hydrogen-bond donors (Lipinski definition) is 0. The summed E-state index contributed by atoms with van der Waals surface area (Å²) in [6.45, 7) is 5.23. The summed E-state index contributed by atoms with van der Waals surface area (Å²) in [4.78, 5) is 0. The Labute approximate surface area is 312 Å². The van der Waals surface area contributed by atoms with Gasteiger partial charge in [-0.3, -0.25) is 0 Å². The predicted molar refractivity (Wildman–Crippen MR) is 228 cm³/mol. The first-order chi connectivity index (χ1) is 25.9. The van der Waals surface area contributed by atoms with Gasteiger partial charge in [-0.1, -0.05) is 0 Å². The molecule has 0 radical (unpaired) electrons. The monoisotopic (exact) mass is 774 g/mol. The van der Waals surface area contributed by atoms with Crippen molar-refractivity contribution in [3.05, 3.63) is 119 Å². The van der Waals surface area contributed by atoms with Crippen molar-refractivity contribution in [1.82, 2.24) is 0 Å². The molecule has 0 amide bonds. The summed E-state index contributed by atoms with van der Waals surface area (Å²) in [5.41, 5.74) is 6.98. The zero-order valence-corrected chi connectivity index (χ0v) is 35.7. The second-order valence-electron chi connectivity index (χ2n) is 22.4. The second kappa shape index (κ2) is 6.48. The van der Waals surface area contributed by atoms with E-state index in [2.05, 4.69) is 125 Å². The van der Waals surface area contributed by atoms with Gasteiger partial charge in [-0.15, -0.1) is 0 Å². The van der Waals surface area contributed by atoms with Crippen LogP contribution in [-0.4, -0.2) is 8.04 Å². The van der Waals surface area contributed by atoms with E-state index in [-0.39, 0.29) is 0 Å². The van der Waals surface area contributed by atoms with Crippen molar-refractivity contribution in [3.63, 3.8) is 0 Å². The third-order valence-corrected chi connectivity index (χ3v) is 90.9. The summed E-state index contributed by atoms with van der Waals surface area (Å²) in [5, 5.41) is 7.52. The average Bonchev–Trinajstić information content (AvgIpc) is 4.16. The van der Waals surface area contributed by atoms with E-state index < -0.39 is 22.5 Å². The van der Waals surface area contributed by atoms with Crippen LogP contribution in [0.3, 0.4) is 0 Å². The van der Waals surface area contributed by atoms with E-state index in [1.165, 1.54) is 115 Å². The Morgan fingerprint density at radius 1 is 0.396 bits per heavy atom. The van der Waals surface area contributed by atoms with Crippen molar-refractivity contribution in [1.29, 1.82) is 0 Å². The van der Waals surface area contributed by atoms with Gasteiger partial charge < -0.3 is 0 Å². The molecule has 3 heteroatoms. The van der Waals surface area contributed by atoms with Gasteiger partial charge in [0.25, 0.3) is 0 Å². The first-order valence-electron chi connectivity index (χ1n) is 22.3. The topological polar surface area (TPSA) is 0 Å². The molecule has 10 aliphatic heterocycles. The molecule has 0 N–H and O–H groups in total. The molecule has 4 aromatic rings. The summed E-state index contributed by atoms with van der Waals surface area (Å²) in [6, 6.07) is 40.9. The minimum absolute atomic E-state index is 0.424. The van der Waals surface area contributed by atoms with Crippen molar-refractivity contribution < 1.29 is 6.65 Å². The molecule has 53 heavy (non-hydrogen) atoms. The Bertz CT molecular complexity index is 2330. The van der Waals surface area contributed by atoms with Crippen molar-refractivity contribution in [3.8, 4) is 0 Å². The zero-order chi connectivity index (χ0) is 35.5. The molecule has 10 aliphatic rings. The van der Waals surface area contributed by atoms with Crippen LogP contribution in [0.15, 0.2) is 97.1 Å². The van der Waals surface area contributed by atoms with Crippen LogP contribution in [0.1, 0.15) is 101 Å². The number of aryl methyl sites for hydroxylation is 4. The molecule has 14 rings (SSSR count). The fraction of sp³-hybridized carbons (Fsp3) is 0.520. The van der Waals surface area contributed by atoms with Crippen LogP contribution in [-0.2, 0) is 32.3 Å². The Balaban J connectivity index is 1.08.